The fourth-order valence-corrected chi connectivity index (χ4v) is 4.38. The van der Waals surface area contributed by atoms with Crippen LogP contribution in [0.4, 0.5) is 4.79 Å². The number of nitrogens with zero attached hydrogens (tertiary/aromatic N) is 3. The maximum Gasteiger partial charge on any atom is 0.317 e. The van der Waals surface area contributed by atoms with Crippen molar-refractivity contribution in [3.8, 4) is 0 Å². The molecule has 0 aliphatic carbocycles. The number of rotatable bonds is 4. The molecule has 1 aromatic carbocycles. The SMILES string of the molecule is Cc1cnn(C2CC3CCC(C2)N3C(=O)NCCc2ccccc2)c1. The first kappa shape index (κ1) is 16.2. The van der Waals surface area contributed by atoms with E-state index < -0.39 is 0 Å². The van der Waals surface area contributed by atoms with Crippen molar-refractivity contribution in [3.05, 3.63) is 53.9 Å². The van der Waals surface area contributed by atoms with Crippen molar-refractivity contribution in [2.75, 3.05) is 6.54 Å². The summed E-state index contributed by atoms with van der Waals surface area (Å²) in [4.78, 5) is 14.8. The minimum absolute atomic E-state index is 0.110. The molecule has 1 aromatic heterocycles. The maximum absolute atomic E-state index is 12.7. The minimum atomic E-state index is 0.110. The number of carbonyl (C=O) groups is 1. The highest BCUT2D eigenvalue weighted by Gasteiger charge is 2.43. The van der Waals surface area contributed by atoms with Crippen LogP contribution in [0, 0.1) is 6.92 Å². The molecule has 3 heterocycles. The second kappa shape index (κ2) is 6.90. The Balaban J connectivity index is 1.33. The van der Waals surface area contributed by atoms with Crippen molar-refractivity contribution in [1.82, 2.24) is 20.0 Å². The first-order valence-corrected chi connectivity index (χ1v) is 9.31. The number of carbonyl (C=O) groups excluding carboxylic acids is 1. The van der Waals surface area contributed by atoms with Gasteiger partial charge in [-0.3, -0.25) is 4.68 Å². The topological polar surface area (TPSA) is 50.2 Å². The number of benzene rings is 1. The van der Waals surface area contributed by atoms with E-state index in [-0.39, 0.29) is 6.03 Å². The van der Waals surface area contributed by atoms with Crippen LogP contribution >= 0.6 is 0 Å². The van der Waals surface area contributed by atoms with Crippen LogP contribution in [-0.2, 0) is 6.42 Å². The van der Waals surface area contributed by atoms with Gasteiger partial charge in [-0.25, -0.2) is 4.79 Å². The van der Waals surface area contributed by atoms with E-state index in [0.29, 0.717) is 24.7 Å². The van der Waals surface area contributed by atoms with Crippen LogP contribution in [0.1, 0.15) is 42.9 Å². The molecule has 132 valence electrons. The summed E-state index contributed by atoms with van der Waals surface area (Å²) in [6.07, 6.45) is 9.20. The average Bonchev–Trinajstić information content (AvgIpc) is 3.17. The largest absolute Gasteiger partial charge is 0.338 e. The lowest BCUT2D eigenvalue weighted by atomic mass is 9.98. The summed E-state index contributed by atoms with van der Waals surface area (Å²) in [5, 5.41) is 7.61. The summed E-state index contributed by atoms with van der Waals surface area (Å²) in [5.41, 5.74) is 2.46. The molecular weight excluding hydrogens is 312 g/mol. The van der Waals surface area contributed by atoms with Crippen LogP contribution in [0.5, 0.6) is 0 Å². The third kappa shape index (κ3) is 3.41. The molecule has 2 amide bonds. The smallest absolute Gasteiger partial charge is 0.317 e. The molecule has 2 aliphatic rings. The Kier molecular flexibility index (Phi) is 4.47. The van der Waals surface area contributed by atoms with Gasteiger partial charge in [0.2, 0.25) is 0 Å². The van der Waals surface area contributed by atoms with Crippen LogP contribution in [0.2, 0.25) is 0 Å². The minimum Gasteiger partial charge on any atom is -0.338 e. The van der Waals surface area contributed by atoms with Gasteiger partial charge in [-0.1, -0.05) is 30.3 Å². The van der Waals surface area contributed by atoms with Gasteiger partial charge in [0.1, 0.15) is 0 Å². The second-order valence-electron chi connectivity index (χ2n) is 7.38. The highest BCUT2D eigenvalue weighted by Crippen LogP contribution is 2.40. The number of aromatic nitrogens is 2. The molecular formula is C20H26N4O. The highest BCUT2D eigenvalue weighted by atomic mass is 16.2. The van der Waals surface area contributed by atoms with Gasteiger partial charge >= 0.3 is 6.03 Å². The highest BCUT2D eigenvalue weighted by molar-refractivity contribution is 5.75. The Hall–Kier alpha value is -2.30. The second-order valence-corrected chi connectivity index (χ2v) is 7.38. The summed E-state index contributed by atoms with van der Waals surface area (Å²) in [7, 11) is 0. The lowest BCUT2D eigenvalue weighted by Crippen LogP contribution is -2.51. The Morgan fingerprint density at radius 1 is 1.16 bits per heavy atom. The summed E-state index contributed by atoms with van der Waals surface area (Å²) >= 11 is 0. The predicted octanol–water partition coefficient (Wildman–Crippen LogP) is 3.31. The molecule has 2 atom stereocenters. The van der Waals surface area contributed by atoms with E-state index in [2.05, 4.69) is 45.3 Å². The number of aryl methyl sites for hydroxylation is 1. The van der Waals surface area contributed by atoms with Gasteiger partial charge in [-0.2, -0.15) is 5.10 Å². The molecule has 2 saturated heterocycles. The third-order valence-electron chi connectivity index (χ3n) is 5.58. The first-order valence-electron chi connectivity index (χ1n) is 9.31. The third-order valence-corrected chi connectivity index (χ3v) is 5.58. The van der Waals surface area contributed by atoms with E-state index in [1.165, 1.54) is 11.1 Å². The molecule has 25 heavy (non-hydrogen) atoms. The normalized spacial score (nSPS) is 25.2. The molecule has 0 radical (unpaired) electrons. The maximum atomic E-state index is 12.7. The molecule has 2 unspecified atom stereocenters. The number of piperidine rings is 1. The zero-order valence-corrected chi connectivity index (χ0v) is 14.8. The molecule has 5 heteroatoms. The van der Waals surface area contributed by atoms with E-state index in [0.717, 1.165) is 32.1 Å². The molecule has 0 spiro atoms. The molecule has 1 N–H and O–H groups in total. The molecule has 2 bridgehead atoms. The first-order chi connectivity index (χ1) is 12.2. The monoisotopic (exact) mass is 338 g/mol. The Morgan fingerprint density at radius 3 is 2.52 bits per heavy atom. The number of amides is 2. The molecule has 2 aromatic rings. The Bertz CT molecular complexity index is 712. The van der Waals surface area contributed by atoms with Crippen LogP contribution in [0.3, 0.4) is 0 Å². The zero-order valence-electron chi connectivity index (χ0n) is 14.8. The van der Waals surface area contributed by atoms with E-state index in [1.807, 2.05) is 24.4 Å². The van der Waals surface area contributed by atoms with Crippen LogP contribution < -0.4 is 5.32 Å². The summed E-state index contributed by atoms with van der Waals surface area (Å²) < 4.78 is 2.10. The van der Waals surface area contributed by atoms with Crippen LogP contribution in [-0.4, -0.2) is 39.3 Å². The van der Waals surface area contributed by atoms with Crippen LogP contribution in [0.15, 0.2) is 42.7 Å². The van der Waals surface area contributed by atoms with E-state index in [4.69, 9.17) is 0 Å². The number of hydrogen-bond acceptors (Lipinski definition) is 2. The Labute approximate surface area is 149 Å². The Morgan fingerprint density at radius 2 is 1.88 bits per heavy atom. The van der Waals surface area contributed by atoms with Crippen molar-refractivity contribution in [2.24, 2.45) is 0 Å². The number of nitrogens with one attached hydrogen (secondary N) is 1. The summed E-state index contributed by atoms with van der Waals surface area (Å²) in [6, 6.07) is 11.6. The number of urea groups is 1. The zero-order chi connectivity index (χ0) is 17.2. The van der Waals surface area contributed by atoms with Crippen molar-refractivity contribution < 1.29 is 4.79 Å². The van der Waals surface area contributed by atoms with Gasteiger partial charge in [0.05, 0.1) is 12.2 Å². The van der Waals surface area contributed by atoms with Gasteiger partial charge in [-0.05, 0) is 50.2 Å². The molecule has 4 rings (SSSR count). The molecule has 2 fully saturated rings. The molecule has 0 saturated carbocycles. The van der Waals surface area contributed by atoms with Gasteiger partial charge in [0, 0.05) is 24.8 Å². The van der Waals surface area contributed by atoms with Crippen molar-refractivity contribution in [3.63, 3.8) is 0 Å². The van der Waals surface area contributed by atoms with Gasteiger partial charge < -0.3 is 10.2 Å². The lowest BCUT2D eigenvalue weighted by molar-refractivity contribution is 0.120. The summed E-state index contributed by atoms with van der Waals surface area (Å²) in [5.74, 6) is 0. The fraction of sp³-hybridized carbons (Fsp3) is 0.500. The average molecular weight is 338 g/mol. The molecule has 5 nitrogen and oxygen atoms in total. The van der Waals surface area contributed by atoms with Crippen molar-refractivity contribution in [1.29, 1.82) is 0 Å². The van der Waals surface area contributed by atoms with E-state index in [1.54, 1.807) is 0 Å². The van der Waals surface area contributed by atoms with Gasteiger partial charge in [-0.15, -0.1) is 0 Å². The van der Waals surface area contributed by atoms with E-state index in [9.17, 15) is 4.79 Å². The van der Waals surface area contributed by atoms with Crippen molar-refractivity contribution in [2.45, 2.75) is 57.2 Å². The molecule has 2 aliphatic heterocycles. The number of fused-ring (bicyclic) bond motifs is 2. The summed E-state index contributed by atoms with van der Waals surface area (Å²) in [6.45, 7) is 2.77. The van der Waals surface area contributed by atoms with Gasteiger partial charge in [0.25, 0.3) is 0 Å². The predicted molar refractivity (Wildman–Crippen MR) is 97.4 cm³/mol. The standard InChI is InChI=1S/C20H26N4O/c1-15-13-22-23(14-15)19-11-17-7-8-18(12-19)24(17)20(25)21-10-9-16-5-3-2-4-6-16/h2-6,13-14,17-19H,7-12H2,1H3,(H,21,25). The quantitative estimate of drug-likeness (QED) is 0.930. The van der Waals surface area contributed by atoms with Gasteiger partial charge in [0.15, 0.2) is 0 Å². The van der Waals surface area contributed by atoms with Crippen LogP contribution in [0.25, 0.3) is 0 Å². The number of hydrogen-bond donors (Lipinski definition) is 1. The van der Waals surface area contributed by atoms with E-state index >= 15 is 0 Å². The fourth-order valence-electron chi connectivity index (χ4n) is 4.38. The lowest BCUT2D eigenvalue weighted by Gasteiger charge is -2.39. The van der Waals surface area contributed by atoms with Crippen molar-refractivity contribution >= 4 is 6.03 Å².